The van der Waals surface area contributed by atoms with E-state index in [0.717, 1.165) is 18.0 Å². The van der Waals surface area contributed by atoms with Gasteiger partial charge in [-0.2, -0.15) is 0 Å². The number of hydrogen-bond acceptors (Lipinski definition) is 3. The van der Waals surface area contributed by atoms with Crippen molar-refractivity contribution in [1.29, 1.82) is 0 Å². The van der Waals surface area contributed by atoms with Crippen molar-refractivity contribution in [2.45, 2.75) is 26.3 Å². The molecule has 2 rings (SSSR count). The standard InChI is InChI=1S/C15H20FNO2/c1-10(12-4-5-12)8-17-9-11-3-6-13(14(16)7-11)15(18)19-2/h3,6-7,10,12,17H,4-5,8-9H2,1-2H3. The molecule has 1 aliphatic rings. The number of ether oxygens (including phenoxy) is 1. The summed E-state index contributed by atoms with van der Waals surface area (Å²) in [5, 5.41) is 3.33. The number of carbonyl (C=O) groups is 1. The zero-order valence-electron chi connectivity index (χ0n) is 11.4. The first kappa shape index (κ1) is 14.0. The van der Waals surface area contributed by atoms with Gasteiger partial charge >= 0.3 is 5.97 Å². The van der Waals surface area contributed by atoms with Crippen molar-refractivity contribution in [3.63, 3.8) is 0 Å². The molecule has 0 bridgehead atoms. The lowest BCUT2D eigenvalue weighted by Crippen LogP contribution is -2.22. The van der Waals surface area contributed by atoms with Gasteiger partial charge in [-0.25, -0.2) is 9.18 Å². The minimum Gasteiger partial charge on any atom is -0.465 e. The highest BCUT2D eigenvalue weighted by Gasteiger charge is 2.27. The molecule has 1 aromatic carbocycles. The van der Waals surface area contributed by atoms with E-state index in [1.54, 1.807) is 6.07 Å². The maximum Gasteiger partial charge on any atom is 0.340 e. The zero-order chi connectivity index (χ0) is 13.8. The Kier molecular flexibility index (Phi) is 4.53. The Balaban J connectivity index is 1.86. The summed E-state index contributed by atoms with van der Waals surface area (Å²) in [6, 6.07) is 4.62. The number of hydrogen-bond donors (Lipinski definition) is 1. The van der Waals surface area contributed by atoms with E-state index in [4.69, 9.17) is 0 Å². The number of carbonyl (C=O) groups excluding carboxylic acids is 1. The molecule has 1 atom stereocenters. The van der Waals surface area contributed by atoms with Crippen LogP contribution in [0.3, 0.4) is 0 Å². The van der Waals surface area contributed by atoms with Crippen molar-refractivity contribution in [2.75, 3.05) is 13.7 Å². The van der Waals surface area contributed by atoms with Gasteiger partial charge in [0.15, 0.2) is 0 Å². The topological polar surface area (TPSA) is 38.3 Å². The van der Waals surface area contributed by atoms with E-state index in [2.05, 4.69) is 17.0 Å². The molecule has 19 heavy (non-hydrogen) atoms. The quantitative estimate of drug-likeness (QED) is 0.804. The number of methoxy groups -OCH3 is 1. The van der Waals surface area contributed by atoms with E-state index >= 15 is 0 Å². The Labute approximate surface area is 113 Å². The van der Waals surface area contributed by atoms with Crippen LogP contribution in [0.2, 0.25) is 0 Å². The Bertz CT molecular complexity index is 457. The van der Waals surface area contributed by atoms with E-state index in [1.807, 2.05) is 0 Å². The van der Waals surface area contributed by atoms with Crippen LogP contribution >= 0.6 is 0 Å². The molecule has 1 aromatic rings. The summed E-state index contributed by atoms with van der Waals surface area (Å²) in [7, 11) is 1.25. The van der Waals surface area contributed by atoms with Crippen molar-refractivity contribution in [3.8, 4) is 0 Å². The molecule has 1 saturated carbocycles. The number of halogens is 1. The molecule has 0 radical (unpaired) electrons. The largest absolute Gasteiger partial charge is 0.465 e. The van der Waals surface area contributed by atoms with Gasteiger partial charge in [-0.3, -0.25) is 0 Å². The van der Waals surface area contributed by atoms with E-state index in [9.17, 15) is 9.18 Å². The molecular formula is C15H20FNO2. The molecular weight excluding hydrogens is 245 g/mol. The molecule has 0 amide bonds. The van der Waals surface area contributed by atoms with E-state index in [1.165, 1.54) is 32.1 Å². The third-order valence-corrected chi connectivity index (χ3v) is 3.66. The number of esters is 1. The summed E-state index contributed by atoms with van der Waals surface area (Å²) >= 11 is 0. The highest BCUT2D eigenvalue weighted by molar-refractivity contribution is 5.89. The molecule has 0 aliphatic heterocycles. The highest BCUT2D eigenvalue weighted by Crippen LogP contribution is 2.36. The number of rotatable bonds is 6. The van der Waals surface area contributed by atoms with Gasteiger partial charge in [0.05, 0.1) is 12.7 Å². The van der Waals surface area contributed by atoms with Crippen LogP contribution < -0.4 is 5.32 Å². The maximum atomic E-state index is 13.7. The zero-order valence-corrected chi connectivity index (χ0v) is 11.4. The maximum absolute atomic E-state index is 13.7. The molecule has 4 heteroatoms. The Morgan fingerprint density at radius 1 is 1.53 bits per heavy atom. The second-order valence-electron chi connectivity index (χ2n) is 5.25. The molecule has 0 spiro atoms. The molecule has 1 fully saturated rings. The van der Waals surface area contributed by atoms with Gasteiger partial charge in [0, 0.05) is 6.54 Å². The first-order chi connectivity index (χ1) is 9.11. The van der Waals surface area contributed by atoms with Crippen LogP contribution in [0.4, 0.5) is 4.39 Å². The Morgan fingerprint density at radius 2 is 2.26 bits per heavy atom. The van der Waals surface area contributed by atoms with Crippen molar-refractivity contribution >= 4 is 5.97 Å². The molecule has 0 saturated heterocycles. The molecule has 0 aromatic heterocycles. The van der Waals surface area contributed by atoms with Crippen LogP contribution in [0.25, 0.3) is 0 Å². The summed E-state index contributed by atoms with van der Waals surface area (Å²) in [4.78, 5) is 11.3. The lowest BCUT2D eigenvalue weighted by molar-refractivity contribution is 0.0595. The number of benzene rings is 1. The summed E-state index contributed by atoms with van der Waals surface area (Å²) < 4.78 is 18.2. The minimum atomic E-state index is -0.639. The normalized spacial score (nSPS) is 16.2. The van der Waals surface area contributed by atoms with Gasteiger partial charge in [0.1, 0.15) is 5.82 Å². The van der Waals surface area contributed by atoms with Crippen molar-refractivity contribution in [1.82, 2.24) is 5.32 Å². The smallest absolute Gasteiger partial charge is 0.340 e. The van der Waals surface area contributed by atoms with Crippen molar-refractivity contribution in [3.05, 3.63) is 35.1 Å². The fourth-order valence-corrected chi connectivity index (χ4v) is 2.22. The number of nitrogens with one attached hydrogen (secondary N) is 1. The second kappa shape index (κ2) is 6.15. The summed E-state index contributed by atoms with van der Waals surface area (Å²) in [6.07, 6.45) is 2.68. The van der Waals surface area contributed by atoms with Crippen LogP contribution in [0.15, 0.2) is 18.2 Å². The average Bonchev–Trinajstić information content (AvgIpc) is 3.22. The average molecular weight is 265 g/mol. The van der Waals surface area contributed by atoms with Gasteiger partial charge in [-0.15, -0.1) is 0 Å². The fraction of sp³-hybridized carbons (Fsp3) is 0.533. The van der Waals surface area contributed by atoms with Crippen LogP contribution in [0, 0.1) is 17.7 Å². The summed E-state index contributed by atoms with van der Waals surface area (Å²) in [5.74, 6) is 0.380. The second-order valence-corrected chi connectivity index (χ2v) is 5.25. The van der Waals surface area contributed by atoms with Crippen LogP contribution in [-0.4, -0.2) is 19.6 Å². The van der Waals surface area contributed by atoms with E-state index < -0.39 is 11.8 Å². The van der Waals surface area contributed by atoms with E-state index in [-0.39, 0.29) is 5.56 Å². The van der Waals surface area contributed by atoms with Gasteiger partial charge in [0.25, 0.3) is 0 Å². The van der Waals surface area contributed by atoms with Crippen LogP contribution in [-0.2, 0) is 11.3 Å². The SMILES string of the molecule is COC(=O)c1ccc(CNCC(C)C2CC2)cc1F. The predicted octanol–water partition coefficient (Wildman–Crippen LogP) is 2.75. The predicted molar refractivity (Wildman–Crippen MR) is 71.3 cm³/mol. The Morgan fingerprint density at radius 3 is 2.84 bits per heavy atom. The van der Waals surface area contributed by atoms with Gasteiger partial charge in [0.2, 0.25) is 0 Å². The third-order valence-electron chi connectivity index (χ3n) is 3.66. The van der Waals surface area contributed by atoms with Gasteiger partial charge in [-0.1, -0.05) is 13.0 Å². The molecule has 1 unspecified atom stereocenters. The minimum absolute atomic E-state index is 0.0161. The lowest BCUT2D eigenvalue weighted by atomic mass is 10.1. The lowest BCUT2D eigenvalue weighted by Gasteiger charge is -2.11. The molecule has 1 N–H and O–H groups in total. The van der Waals surface area contributed by atoms with Crippen molar-refractivity contribution in [2.24, 2.45) is 11.8 Å². The Hall–Kier alpha value is -1.42. The fourth-order valence-electron chi connectivity index (χ4n) is 2.22. The van der Waals surface area contributed by atoms with Gasteiger partial charge in [-0.05, 0) is 48.9 Å². The van der Waals surface area contributed by atoms with E-state index in [0.29, 0.717) is 12.5 Å². The molecule has 104 valence electrons. The summed E-state index contributed by atoms with van der Waals surface area (Å²) in [5.41, 5.74) is 0.825. The monoisotopic (exact) mass is 265 g/mol. The third kappa shape index (κ3) is 3.77. The van der Waals surface area contributed by atoms with Crippen molar-refractivity contribution < 1.29 is 13.9 Å². The summed E-state index contributed by atoms with van der Waals surface area (Å²) in [6.45, 7) is 3.81. The molecule has 0 heterocycles. The molecule has 1 aliphatic carbocycles. The van der Waals surface area contributed by atoms with Crippen LogP contribution in [0.5, 0.6) is 0 Å². The first-order valence-electron chi connectivity index (χ1n) is 6.69. The van der Waals surface area contributed by atoms with Gasteiger partial charge < -0.3 is 10.1 Å². The van der Waals surface area contributed by atoms with Crippen LogP contribution in [0.1, 0.15) is 35.7 Å². The highest BCUT2D eigenvalue weighted by atomic mass is 19.1. The molecule has 3 nitrogen and oxygen atoms in total. The first-order valence-corrected chi connectivity index (χ1v) is 6.69.